The number of hydrogen-bond donors (Lipinski definition) is 1. The Morgan fingerprint density at radius 3 is 2.85 bits per heavy atom. The minimum Gasteiger partial charge on any atom is -0.493 e. The largest absolute Gasteiger partial charge is 0.493 e. The van der Waals surface area contributed by atoms with Gasteiger partial charge in [0.05, 0.1) is 19.3 Å². The monoisotopic (exact) mass is 389 g/mol. The molecule has 0 saturated carbocycles. The summed E-state index contributed by atoms with van der Waals surface area (Å²) in [7, 11) is 1.60. The molecule has 2 N–H and O–H groups in total. The van der Waals surface area contributed by atoms with Crippen molar-refractivity contribution in [3.63, 3.8) is 0 Å². The second kappa shape index (κ2) is 6.53. The zero-order valence-electron chi connectivity index (χ0n) is 11.4. The van der Waals surface area contributed by atoms with Crippen molar-refractivity contribution >= 4 is 22.6 Å². The van der Waals surface area contributed by atoms with Crippen LogP contribution in [0.25, 0.3) is 0 Å². The second-order valence-electron chi connectivity index (χ2n) is 4.46. The summed E-state index contributed by atoms with van der Waals surface area (Å²) in [5, 5.41) is 4.31. The van der Waals surface area contributed by atoms with E-state index in [1.165, 1.54) is 12.1 Å². The molecule has 2 rings (SSSR count). The first-order chi connectivity index (χ1) is 9.58. The summed E-state index contributed by atoms with van der Waals surface area (Å²) < 4.78 is 21.2. The van der Waals surface area contributed by atoms with Crippen LogP contribution in [-0.2, 0) is 6.54 Å². The molecular formula is C14H17FIN3O. The van der Waals surface area contributed by atoms with Gasteiger partial charge < -0.3 is 10.5 Å². The van der Waals surface area contributed by atoms with E-state index in [9.17, 15) is 4.39 Å². The zero-order chi connectivity index (χ0) is 14.7. The van der Waals surface area contributed by atoms with E-state index in [1.54, 1.807) is 19.4 Å². The van der Waals surface area contributed by atoms with Gasteiger partial charge in [0.15, 0.2) is 5.75 Å². The molecule has 0 fully saturated rings. The summed E-state index contributed by atoms with van der Waals surface area (Å²) in [5.41, 5.74) is 8.03. The maximum Gasteiger partial charge on any atom is 0.161 e. The fourth-order valence-corrected chi connectivity index (χ4v) is 2.95. The van der Waals surface area contributed by atoms with Crippen molar-refractivity contribution in [1.82, 2.24) is 9.78 Å². The van der Waals surface area contributed by atoms with E-state index >= 15 is 0 Å². The van der Waals surface area contributed by atoms with Crippen molar-refractivity contribution in [2.24, 2.45) is 5.73 Å². The maximum atomic E-state index is 13.2. The Morgan fingerprint density at radius 2 is 2.25 bits per heavy atom. The summed E-state index contributed by atoms with van der Waals surface area (Å²) in [6.45, 7) is 2.84. The van der Waals surface area contributed by atoms with E-state index in [1.807, 2.05) is 4.68 Å². The molecule has 0 amide bonds. The number of halogens is 2. The number of benzene rings is 1. The Hall–Kier alpha value is -1.15. The molecule has 0 aliphatic heterocycles. The van der Waals surface area contributed by atoms with Gasteiger partial charge in [-0.25, -0.2) is 4.39 Å². The summed E-state index contributed by atoms with van der Waals surface area (Å²) >= 11 is 2.09. The smallest absolute Gasteiger partial charge is 0.161 e. The molecule has 6 heteroatoms. The Labute approximate surface area is 131 Å². The highest BCUT2D eigenvalue weighted by atomic mass is 127. The fraction of sp³-hybridized carbons (Fsp3) is 0.357. The molecule has 2 aromatic rings. The molecule has 1 unspecified atom stereocenters. The maximum absolute atomic E-state index is 13.2. The van der Waals surface area contributed by atoms with Crippen LogP contribution in [0.1, 0.15) is 30.6 Å². The fourth-order valence-electron chi connectivity index (χ4n) is 2.14. The van der Waals surface area contributed by atoms with E-state index in [-0.39, 0.29) is 5.82 Å². The van der Waals surface area contributed by atoms with E-state index in [2.05, 4.69) is 34.6 Å². The summed E-state index contributed by atoms with van der Waals surface area (Å²) in [4.78, 5) is 0. The highest BCUT2D eigenvalue weighted by Crippen LogP contribution is 2.31. The summed E-state index contributed by atoms with van der Waals surface area (Å²) in [6.07, 6.45) is 2.62. The van der Waals surface area contributed by atoms with Crippen LogP contribution in [0.3, 0.4) is 0 Å². The van der Waals surface area contributed by atoms with Gasteiger partial charge in [0.2, 0.25) is 0 Å². The molecule has 0 spiro atoms. The van der Waals surface area contributed by atoms with E-state index in [0.717, 1.165) is 27.8 Å². The third-order valence-corrected chi connectivity index (χ3v) is 4.03. The highest BCUT2D eigenvalue weighted by molar-refractivity contribution is 14.1. The predicted octanol–water partition coefficient (Wildman–Crippen LogP) is 3.09. The van der Waals surface area contributed by atoms with Crippen molar-refractivity contribution in [1.29, 1.82) is 0 Å². The molecule has 1 atom stereocenters. The minimum atomic E-state index is -0.397. The Balaban J connectivity index is 2.46. The van der Waals surface area contributed by atoms with Crippen molar-refractivity contribution < 1.29 is 9.13 Å². The van der Waals surface area contributed by atoms with Gasteiger partial charge in [-0.1, -0.05) is 13.0 Å². The lowest BCUT2D eigenvalue weighted by molar-refractivity contribution is 0.404. The Bertz CT molecular complexity index is 600. The van der Waals surface area contributed by atoms with Gasteiger partial charge in [-0.05, 0) is 46.7 Å². The summed E-state index contributed by atoms with van der Waals surface area (Å²) in [6, 6.07) is 4.21. The number of rotatable bonds is 5. The van der Waals surface area contributed by atoms with Gasteiger partial charge >= 0.3 is 0 Å². The Morgan fingerprint density at radius 1 is 1.50 bits per heavy atom. The number of aromatic nitrogens is 2. The number of nitrogens with zero attached hydrogens (tertiary/aromatic N) is 2. The quantitative estimate of drug-likeness (QED) is 0.800. The first-order valence-electron chi connectivity index (χ1n) is 6.38. The summed E-state index contributed by atoms with van der Waals surface area (Å²) in [5.74, 6) is 0.394. The van der Waals surface area contributed by atoms with Crippen LogP contribution in [0.2, 0.25) is 0 Å². The van der Waals surface area contributed by atoms with Gasteiger partial charge in [-0.3, -0.25) is 4.68 Å². The predicted molar refractivity (Wildman–Crippen MR) is 84.2 cm³/mol. The molecule has 0 aliphatic rings. The third-order valence-electron chi connectivity index (χ3n) is 3.09. The van der Waals surface area contributed by atoms with Crippen molar-refractivity contribution in [2.75, 3.05) is 7.11 Å². The lowest BCUT2D eigenvalue weighted by Crippen LogP contribution is -2.19. The van der Waals surface area contributed by atoms with Crippen LogP contribution in [0.15, 0.2) is 24.4 Å². The van der Waals surface area contributed by atoms with E-state index in [4.69, 9.17) is 10.5 Å². The van der Waals surface area contributed by atoms with Gasteiger partial charge in [0, 0.05) is 10.1 Å². The third kappa shape index (κ3) is 2.95. The van der Waals surface area contributed by atoms with Gasteiger partial charge in [-0.15, -0.1) is 0 Å². The highest BCUT2D eigenvalue weighted by Gasteiger charge is 2.22. The molecular weight excluding hydrogens is 372 g/mol. The van der Waals surface area contributed by atoms with Crippen molar-refractivity contribution in [3.8, 4) is 5.75 Å². The number of nitrogens with two attached hydrogens (primary N) is 1. The van der Waals surface area contributed by atoms with Gasteiger partial charge in [0.1, 0.15) is 11.5 Å². The molecule has 108 valence electrons. The second-order valence-corrected chi connectivity index (χ2v) is 5.63. The molecule has 0 bridgehead atoms. The standard InChI is InChI=1S/C14H17FIN3O/c1-3-6-19-14(12(20-2)8-18-19)13(17)10-5-4-9(15)7-11(10)16/h4-5,7-8,13H,3,6,17H2,1-2H3. The van der Waals surface area contributed by atoms with Gasteiger partial charge in [-0.2, -0.15) is 5.10 Å². The van der Waals surface area contributed by atoms with Crippen LogP contribution in [0.4, 0.5) is 4.39 Å². The molecule has 0 radical (unpaired) electrons. The Kier molecular flexibility index (Phi) is 4.98. The normalized spacial score (nSPS) is 12.4. The molecule has 1 aromatic heterocycles. The lowest BCUT2D eigenvalue weighted by Gasteiger charge is -2.17. The van der Waals surface area contributed by atoms with Crippen molar-refractivity contribution in [3.05, 3.63) is 45.0 Å². The van der Waals surface area contributed by atoms with Crippen molar-refractivity contribution in [2.45, 2.75) is 25.9 Å². The molecule has 0 saturated heterocycles. The van der Waals surface area contributed by atoms with Gasteiger partial charge in [0.25, 0.3) is 0 Å². The van der Waals surface area contributed by atoms with Crippen LogP contribution in [-0.4, -0.2) is 16.9 Å². The SMILES string of the molecule is CCCn1ncc(OC)c1C(N)c1ccc(F)cc1I. The van der Waals surface area contributed by atoms with E-state index in [0.29, 0.717) is 5.75 Å². The first kappa shape index (κ1) is 15.2. The van der Waals surface area contributed by atoms with Crippen LogP contribution < -0.4 is 10.5 Å². The molecule has 20 heavy (non-hydrogen) atoms. The average molecular weight is 389 g/mol. The number of methoxy groups -OCH3 is 1. The van der Waals surface area contributed by atoms with Crippen LogP contribution >= 0.6 is 22.6 Å². The molecule has 0 aliphatic carbocycles. The zero-order valence-corrected chi connectivity index (χ0v) is 13.6. The first-order valence-corrected chi connectivity index (χ1v) is 7.46. The molecule has 1 aromatic carbocycles. The lowest BCUT2D eigenvalue weighted by atomic mass is 10.0. The average Bonchev–Trinajstić information content (AvgIpc) is 2.81. The number of ether oxygens (including phenoxy) is 1. The number of aryl methyl sites for hydroxylation is 1. The number of hydrogen-bond acceptors (Lipinski definition) is 3. The van der Waals surface area contributed by atoms with Crippen LogP contribution in [0.5, 0.6) is 5.75 Å². The molecule has 1 heterocycles. The minimum absolute atomic E-state index is 0.264. The topological polar surface area (TPSA) is 53.1 Å². The molecule has 4 nitrogen and oxygen atoms in total. The van der Waals surface area contributed by atoms with E-state index < -0.39 is 6.04 Å². The van der Waals surface area contributed by atoms with Crippen LogP contribution in [0, 0.1) is 9.39 Å².